The molecule has 1 aromatic carbocycles. The molecule has 5 heteroatoms. The number of hydrogen-bond donors (Lipinski definition) is 0. The molecule has 0 amide bonds. The van der Waals surface area contributed by atoms with E-state index in [1.165, 1.54) is 6.26 Å². The highest BCUT2D eigenvalue weighted by Crippen LogP contribution is 2.35. The van der Waals surface area contributed by atoms with Gasteiger partial charge in [-0.1, -0.05) is 40.5 Å². The Labute approximate surface area is 98.9 Å². The fourth-order valence-corrected chi connectivity index (χ4v) is 1.85. The lowest BCUT2D eigenvalue weighted by Crippen LogP contribution is -1.80. The van der Waals surface area contributed by atoms with Crippen molar-refractivity contribution in [1.82, 2.24) is 5.16 Å². The van der Waals surface area contributed by atoms with Crippen molar-refractivity contribution in [1.29, 1.82) is 0 Å². The molecule has 0 aliphatic heterocycles. The van der Waals surface area contributed by atoms with Crippen molar-refractivity contribution >= 4 is 39.1 Å². The Balaban J connectivity index is 2.63. The van der Waals surface area contributed by atoms with Gasteiger partial charge in [0.05, 0.1) is 14.5 Å². The molecular formula is C9H4BrCl2NO. The van der Waals surface area contributed by atoms with Crippen LogP contribution in [0.3, 0.4) is 0 Å². The molecule has 0 atom stereocenters. The minimum Gasteiger partial charge on any atom is -0.363 e. The number of aromatic nitrogens is 1. The SMILES string of the molecule is Clc1cccc(-c2nocc2Br)c1Cl. The summed E-state index contributed by atoms with van der Waals surface area (Å²) in [6, 6.07) is 5.36. The van der Waals surface area contributed by atoms with Crippen LogP contribution in [0.2, 0.25) is 10.0 Å². The Kier molecular flexibility index (Phi) is 2.81. The molecule has 0 saturated heterocycles. The van der Waals surface area contributed by atoms with E-state index in [1.807, 2.05) is 12.1 Å². The third-order valence-corrected chi connectivity index (χ3v) is 3.11. The lowest BCUT2D eigenvalue weighted by molar-refractivity contribution is 0.422. The summed E-state index contributed by atoms with van der Waals surface area (Å²) in [6.07, 6.45) is 1.49. The van der Waals surface area contributed by atoms with Gasteiger partial charge in [-0.2, -0.15) is 0 Å². The van der Waals surface area contributed by atoms with E-state index in [1.54, 1.807) is 6.07 Å². The third kappa shape index (κ3) is 1.67. The summed E-state index contributed by atoms with van der Waals surface area (Å²) in [5, 5.41) is 4.80. The maximum Gasteiger partial charge on any atom is 0.138 e. The van der Waals surface area contributed by atoms with Gasteiger partial charge in [-0.25, -0.2) is 0 Å². The summed E-state index contributed by atoms with van der Waals surface area (Å²) in [5.74, 6) is 0. The van der Waals surface area contributed by atoms with Crippen LogP contribution in [0.4, 0.5) is 0 Å². The molecule has 0 saturated carbocycles. The first-order valence-corrected chi connectivity index (χ1v) is 5.29. The van der Waals surface area contributed by atoms with Gasteiger partial charge < -0.3 is 4.52 Å². The van der Waals surface area contributed by atoms with Crippen LogP contribution in [0.25, 0.3) is 11.3 Å². The van der Waals surface area contributed by atoms with E-state index >= 15 is 0 Å². The molecule has 0 spiro atoms. The van der Waals surface area contributed by atoms with E-state index in [2.05, 4.69) is 21.1 Å². The van der Waals surface area contributed by atoms with E-state index in [4.69, 9.17) is 27.7 Å². The molecule has 2 nitrogen and oxygen atoms in total. The Hall–Kier alpha value is -0.510. The second kappa shape index (κ2) is 3.93. The molecule has 2 rings (SSSR count). The highest BCUT2D eigenvalue weighted by molar-refractivity contribution is 9.10. The third-order valence-electron chi connectivity index (χ3n) is 1.73. The Morgan fingerprint density at radius 2 is 2.07 bits per heavy atom. The molecule has 0 aliphatic rings. The van der Waals surface area contributed by atoms with E-state index in [0.717, 1.165) is 10.0 Å². The Bertz CT molecular complexity index is 470. The monoisotopic (exact) mass is 291 g/mol. The largest absolute Gasteiger partial charge is 0.363 e. The molecule has 2 aromatic rings. The van der Waals surface area contributed by atoms with E-state index in [0.29, 0.717) is 15.7 Å². The summed E-state index contributed by atoms with van der Waals surface area (Å²) in [4.78, 5) is 0. The van der Waals surface area contributed by atoms with Crippen LogP contribution in [0.1, 0.15) is 0 Å². The summed E-state index contributed by atoms with van der Waals surface area (Å²) >= 11 is 15.2. The average molecular weight is 293 g/mol. The summed E-state index contributed by atoms with van der Waals surface area (Å²) in [6.45, 7) is 0. The highest BCUT2D eigenvalue weighted by Gasteiger charge is 2.12. The quantitative estimate of drug-likeness (QED) is 0.778. The van der Waals surface area contributed by atoms with Crippen LogP contribution >= 0.6 is 39.1 Å². The van der Waals surface area contributed by atoms with E-state index in [-0.39, 0.29) is 0 Å². The first-order valence-electron chi connectivity index (χ1n) is 3.74. The first kappa shape index (κ1) is 10.0. The summed E-state index contributed by atoms with van der Waals surface area (Å²) in [5.41, 5.74) is 1.40. The van der Waals surface area contributed by atoms with Gasteiger partial charge in [-0.05, 0) is 22.0 Å². The average Bonchev–Trinajstić information content (AvgIpc) is 2.57. The molecule has 0 unspecified atom stereocenters. The molecule has 0 N–H and O–H groups in total. The van der Waals surface area contributed by atoms with Gasteiger partial charge in [0, 0.05) is 5.56 Å². The minimum absolute atomic E-state index is 0.476. The molecule has 72 valence electrons. The molecule has 0 radical (unpaired) electrons. The van der Waals surface area contributed by atoms with Crippen molar-refractivity contribution in [3.8, 4) is 11.3 Å². The molecule has 1 heterocycles. The standard InChI is InChI=1S/C9H4BrCl2NO/c10-6-4-14-13-9(6)5-2-1-3-7(11)8(5)12/h1-4H. The second-order valence-corrected chi connectivity index (χ2v) is 4.25. The number of rotatable bonds is 1. The lowest BCUT2D eigenvalue weighted by Gasteiger charge is -2.01. The summed E-state index contributed by atoms with van der Waals surface area (Å²) < 4.78 is 5.55. The maximum atomic E-state index is 6.02. The minimum atomic E-state index is 0.476. The predicted molar refractivity (Wildman–Crippen MR) is 59.7 cm³/mol. The van der Waals surface area contributed by atoms with Crippen molar-refractivity contribution in [2.45, 2.75) is 0 Å². The zero-order valence-corrected chi connectivity index (χ0v) is 9.90. The van der Waals surface area contributed by atoms with E-state index < -0.39 is 0 Å². The van der Waals surface area contributed by atoms with Gasteiger partial charge in [0.1, 0.15) is 12.0 Å². The number of nitrogens with zero attached hydrogens (tertiary/aromatic N) is 1. The van der Waals surface area contributed by atoms with Crippen molar-refractivity contribution in [2.75, 3.05) is 0 Å². The van der Waals surface area contributed by atoms with Crippen LogP contribution in [0.5, 0.6) is 0 Å². The second-order valence-electron chi connectivity index (χ2n) is 2.61. The molecule has 1 aromatic heterocycles. The van der Waals surface area contributed by atoms with Gasteiger partial charge in [-0.15, -0.1) is 0 Å². The van der Waals surface area contributed by atoms with Crippen LogP contribution in [-0.2, 0) is 0 Å². The zero-order chi connectivity index (χ0) is 10.1. The lowest BCUT2D eigenvalue weighted by atomic mass is 10.1. The predicted octanol–water partition coefficient (Wildman–Crippen LogP) is 4.41. The van der Waals surface area contributed by atoms with Crippen LogP contribution in [0, 0.1) is 0 Å². The number of hydrogen-bond acceptors (Lipinski definition) is 2. The van der Waals surface area contributed by atoms with Crippen LogP contribution < -0.4 is 0 Å². The fraction of sp³-hybridized carbons (Fsp3) is 0. The van der Waals surface area contributed by atoms with E-state index in [9.17, 15) is 0 Å². The van der Waals surface area contributed by atoms with Crippen molar-refractivity contribution in [2.24, 2.45) is 0 Å². The highest BCUT2D eigenvalue weighted by atomic mass is 79.9. The maximum absolute atomic E-state index is 6.02. The fourth-order valence-electron chi connectivity index (χ4n) is 1.09. The first-order chi connectivity index (χ1) is 6.70. The van der Waals surface area contributed by atoms with Gasteiger partial charge >= 0.3 is 0 Å². The van der Waals surface area contributed by atoms with Crippen molar-refractivity contribution in [3.05, 3.63) is 39.0 Å². The summed E-state index contributed by atoms with van der Waals surface area (Å²) in [7, 11) is 0. The molecular weight excluding hydrogens is 289 g/mol. The Morgan fingerprint density at radius 3 is 2.71 bits per heavy atom. The molecule has 0 bridgehead atoms. The normalized spacial score (nSPS) is 10.5. The molecule has 0 aliphatic carbocycles. The Morgan fingerprint density at radius 1 is 1.29 bits per heavy atom. The van der Waals surface area contributed by atoms with Gasteiger partial charge in [0.15, 0.2) is 0 Å². The van der Waals surface area contributed by atoms with Crippen molar-refractivity contribution < 1.29 is 4.52 Å². The number of benzene rings is 1. The van der Waals surface area contributed by atoms with Crippen LogP contribution in [-0.4, -0.2) is 5.16 Å². The molecule has 0 fully saturated rings. The van der Waals surface area contributed by atoms with Crippen LogP contribution in [0.15, 0.2) is 33.5 Å². The van der Waals surface area contributed by atoms with Gasteiger partial charge in [0.2, 0.25) is 0 Å². The van der Waals surface area contributed by atoms with Crippen molar-refractivity contribution in [3.63, 3.8) is 0 Å². The molecule has 14 heavy (non-hydrogen) atoms. The smallest absolute Gasteiger partial charge is 0.138 e. The zero-order valence-electron chi connectivity index (χ0n) is 6.80. The van der Waals surface area contributed by atoms with Gasteiger partial charge in [0.25, 0.3) is 0 Å². The number of halogens is 3. The van der Waals surface area contributed by atoms with Gasteiger partial charge in [-0.3, -0.25) is 0 Å². The topological polar surface area (TPSA) is 26.0 Å².